The predicted molar refractivity (Wildman–Crippen MR) is 380 cm³/mol. The maximum atomic E-state index is 14.2. The van der Waals surface area contributed by atoms with E-state index in [1.54, 1.807) is 67.5 Å². The fourth-order valence-corrected chi connectivity index (χ4v) is 9.67. The molecule has 98 heavy (non-hydrogen) atoms. The molecule has 0 aliphatic heterocycles. The summed E-state index contributed by atoms with van der Waals surface area (Å²) in [5, 5.41) is 38.5. The second kappa shape index (κ2) is 43.6. The van der Waals surface area contributed by atoms with Gasteiger partial charge >= 0.3 is 138 Å². The Labute approximate surface area is 671 Å². The van der Waals surface area contributed by atoms with Crippen molar-refractivity contribution in [3.05, 3.63) is 295 Å². The Morgan fingerprint density at radius 3 is 1.32 bits per heavy atom. The Morgan fingerprint density at radius 2 is 0.867 bits per heavy atom. The van der Waals surface area contributed by atoms with Gasteiger partial charge in [0.2, 0.25) is 0 Å². The zero-order chi connectivity index (χ0) is 68.2. The van der Waals surface area contributed by atoms with E-state index in [0.717, 1.165) is 92.8 Å². The summed E-state index contributed by atoms with van der Waals surface area (Å²) in [6, 6.07) is 59.5. The van der Waals surface area contributed by atoms with Crippen molar-refractivity contribution in [2.24, 2.45) is 0 Å². The molecule has 0 aliphatic rings. The molecule has 1 unspecified atom stereocenters. The average molecular weight is 1500 g/mol. The van der Waals surface area contributed by atoms with E-state index in [0.29, 0.717) is 34.7 Å². The summed E-state index contributed by atoms with van der Waals surface area (Å²) in [4.78, 5) is 47.1. The van der Waals surface area contributed by atoms with Gasteiger partial charge in [0.25, 0.3) is 0 Å². The van der Waals surface area contributed by atoms with Crippen LogP contribution in [0, 0.1) is 11.6 Å². The molecule has 473 valence electrons. The van der Waals surface area contributed by atoms with Gasteiger partial charge in [-0.2, -0.15) is 0 Å². The van der Waals surface area contributed by atoms with Gasteiger partial charge in [0, 0.05) is 140 Å². The summed E-state index contributed by atoms with van der Waals surface area (Å²) in [6.45, 7) is 0. The third-order valence-electron chi connectivity index (χ3n) is 13.4. The monoisotopic (exact) mass is 1500 g/mol. The van der Waals surface area contributed by atoms with Gasteiger partial charge in [-0.05, 0) is 152 Å². The standard InChI is InChI=1S/C25H16FN3.C19H12ClN3.C10H6BrClN2.C9H8BNO2.C6H5BFO2.CH4.3K.HO4P/c26-23-7-3-2-6-22(23)25-13-17(9-10-28-25)19-12-20(15-27-14-19)21-11-18-5-1-4-8-24(18)29-16-21;20-19-9-13(5-6-22-19)15-8-16(11-21-10-15)17-7-14-3-1-2-4-18(14)23-12-17;11-9-3-8(5-13-6-9)7-1-2-14-10(12)4-7;12-10(13)8-5-7-3-1-2-4-9(7)11-6-8;8-5-3-1-2-4-6(5)10-7-9;;;;;1-4-5(2)3/h1-16H;1-12H;1-6H;1-6,12-13H;1-4,9H;1H4;;;;1H/q;;;;;;;;+1;/p-1. The SMILES string of the molecule is C.Clc1cc(-c2cncc(-c3cnc4ccccc4c3)c2)ccn1.Clc1cc(-c2cncc(Br)c2)ccn1.Fc1ccccc1-c1cc(-c2cncc(-c3cnc4ccccc4c3)c2)ccn1.O=[P+]([O-])O[O-].OB(O)c1cnc2ccccc2c1.O[B]Oc1ccccc1F.[K+].[K][K]. The number of hydrogen-bond donors (Lipinski definition) is 3. The normalized spacial score (nSPS) is 10.2. The van der Waals surface area contributed by atoms with Gasteiger partial charge in [-0.1, -0.05) is 116 Å². The van der Waals surface area contributed by atoms with Crippen molar-refractivity contribution in [1.29, 1.82) is 0 Å². The molecule has 0 aliphatic carbocycles. The van der Waals surface area contributed by atoms with Crippen LogP contribution in [-0.4, -0.2) is 138 Å². The number of benzene rings is 5. The topological polar surface area (TPSA) is 258 Å². The third-order valence-corrected chi connectivity index (χ3v) is 14.3. The van der Waals surface area contributed by atoms with Crippen LogP contribution in [-0.2, 0) is 9.24 Å². The number of aromatic nitrogens is 9. The van der Waals surface area contributed by atoms with Crippen LogP contribution < -0.4 is 71.7 Å². The van der Waals surface area contributed by atoms with Crippen LogP contribution in [0.2, 0.25) is 10.3 Å². The minimum absolute atomic E-state index is 0. The third kappa shape index (κ3) is 25.4. The van der Waals surface area contributed by atoms with Crippen molar-refractivity contribution in [1.82, 2.24) is 44.9 Å². The molecule has 1 radical (unpaired) electrons. The number of nitrogens with zero attached hydrogens (tertiary/aromatic N) is 9. The quantitative estimate of drug-likeness (QED) is 0.0378. The number of para-hydroxylation sites is 4. The van der Waals surface area contributed by atoms with Crippen molar-refractivity contribution in [3.8, 4) is 72.6 Å². The minimum atomic E-state index is -3.15. The first kappa shape index (κ1) is 81.8. The van der Waals surface area contributed by atoms with Gasteiger partial charge < -0.3 is 29.9 Å². The molecule has 5 aromatic carbocycles. The van der Waals surface area contributed by atoms with E-state index < -0.39 is 21.2 Å². The molecule has 0 fully saturated rings. The van der Waals surface area contributed by atoms with Gasteiger partial charge in [-0.15, -0.1) is 0 Å². The first-order valence-corrected chi connectivity index (χ1v) is 47.5. The molecule has 9 aromatic heterocycles. The van der Waals surface area contributed by atoms with Crippen molar-refractivity contribution in [3.63, 3.8) is 0 Å². The molecule has 9 heterocycles. The summed E-state index contributed by atoms with van der Waals surface area (Å²) in [5.74, 6) is -0.760. The second-order valence-corrected chi connectivity index (χ2v) is 21.9. The van der Waals surface area contributed by atoms with Crippen molar-refractivity contribution in [2.45, 2.75) is 7.43 Å². The second-order valence-electron chi connectivity index (χ2n) is 19.6. The van der Waals surface area contributed by atoms with E-state index in [9.17, 15) is 8.78 Å². The van der Waals surface area contributed by atoms with Crippen LogP contribution in [0.5, 0.6) is 5.75 Å². The van der Waals surface area contributed by atoms with E-state index in [4.69, 9.17) is 53.0 Å². The van der Waals surface area contributed by atoms with Crippen LogP contribution in [0.4, 0.5) is 8.78 Å². The molecule has 28 heteroatoms. The van der Waals surface area contributed by atoms with E-state index in [-0.39, 0.29) is 70.4 Å². The molecule has 0 saturated heterocycles. The van der Waals surface area contributed by atoms with E-state index in [2.05, 4.69) is 100 Å². The Morgan fingerprint density at radius 1 is 0.480 bits per heavy atom. The molecule has 0 saturated carbocycles. The number of pyridine rings is 9. The Hall–Kier alpha value is -5.15. The van der Waals surface area contributed by atoms with Crippen molar-refractivity contribution in [2.75, 3.05) is 0 Å². The van der Waals surface area contributed by atoms with Gasteiger partial charge in [0.15, 0.2) is 5.82 Å². The van der Waals surface area contributed by atoms with Gasteiger partial charge in [-0.25, -0.2) is 23.4 Å². The van der Waals surface area contributed by atoms with Crippen molar-refractivity contribution < 1.29 is 99.3 Å². The van der Waals surface area contributed by atoms with Crippen LogP contribution >= 0.6 is 47.4 Å². The van der Waals surface area contributed by atoms with Gasteiger partial charge in [-0.3, -0.25) is 34.9 Å². The Bertz CT molecular complexity index is 4850. The molecule has 14 aromatic rings. The van der Waals surface area contributed by atoms with Crippen LogP contribution in [0.1, 0.15) is 7.43 Å². The van der Waals surface area contributed by atoms with E-state index in [1.807, 2.05) is 146 Å². The fourth-order valence-electron chi connectivity index (χ4n) is 8.96. The molecular weight excluding hydrogens is 1450 g/mol. The summed E-state index contributed by atoms with van der Waals surface area (Å²) in [5.41, 5.74) is 14.2. The molecule has 3 N–H and O–H groups in total. The molecule has 1 atom stereocenters. The zero-order valence-electron chi connectivity index (χ0n) is 51.8. The van der Waals surface area contributed by atoms with E-state index in [1.165, 1.54) is 87.5 Å². The first-order valence-electron chi connectivity index (χ1n) is 28.9. The predicted octanol–water partition coefficient (Wildman–Crippen LogP) is 10.6. The van der Waals surface area contributed by atoms with Crippen LogP contribution in [0.25, 0.3) is 99.6 Å². The molecule has 0 amide bonds. The number of halogens is 5. The number of fused-ring (bicyclic) bond motifs is 3. The van der Waals surface area contributed by atoms with E-state index >= 15 is 0 Å². The van der Waals surface area contributed by atoms with Gasteiger partial charge in [0.1, 0.15) is 21.9 Å². The number of hydrogen-bond acceptors (Lipinski definition) is 17. The summed E-state index contributed by atoms with van der Waals surface area (Å²) in [6.07, 6.45) is 21.1. The molecular formula is C70H51B2BrCl2F2K3N9O8P. The molecule has 17 nitrogen and oxygen atoms in total. The summed E-state index contributed by atoms with van der Waals surface area (Å²) < 4.78 is 43.3. The van der Waals surface area contributed by atoms with Crippen LogP contribution in [0.15, 0.2) is 273 Å². The average Bonchev–Trinajstić information content (AvgIpc) is 0.846. The Balaban J connectivity index is 0.000000196. The number of rotatable bonds is 10. The first-order chi connectivity index (χ1) is 46.7. The zero-order valence-corrected chi connectivity index (χ0v) is 65.2. The van der Waals surface area contributed by atoms with Gasteiger partial charge in [0.05, 0.1) is 22.2 Å². The van der Waals surface area contributed by atoms with Crippen molar-refractivity contribution >= 4 is 164 Å². The summed E-state index contributed by atoms with van der Waals surface area (Å²) >= 11 is 17.6. The molecule has 0 spiro atoms. The fraction of sp³-hybridized carbons (Fsp3) is 0.0143. The Kier molecular flexibility index (Phi) is 36.4. The molecule has 0 bridgehead atoms. The maximum absolute atomic E-state index is 14.2. The van der Waals surface area contributed by atoms with Crippen LogP contribution in [0.3, 0.4) is 0 Å². The molecule has 14 rings (SSSR count). The summed E-state index contributed by atoms with van der Waals surface area (Å²) in [7, 11) is -4.16.